The predicted molar refractivity (Wildman–Crippen MR) is 132 cm³/mol. The molecule has 4 nitrogen and oxygen atoms in total. The van der Waals surface area contributed by atoms with E-state index >= 15 is 0 Å². The van der Waals surface area contributed by atoms with Gasteiger partial charge in [-0.3, -0.25) is 9.88 Å². The SMILES string of the molecule is Cc1nccc(-c2c(-c3ccc(F)cc3)ccn2C2CCN(Cc3ccccc3)CC2)c1N. The average molecular weight is 441 g/mol. The first-order valence-electron chi connectivity index (χ1n) is 11.5. The molecule has 0 radical (unpaired) electrons. The average Bonchev–Trinajstić information content (AvgIpc) is 3.27. The van der Waals surface area contributed by atoms with Gasteiger partial charge in [0.2, 0.25) is 0 Å². The van der Waals surface area contributed by atoms with Crippen LogP contribution in [0.15, 0.2) is 79.1 Å². The standard InChI is InChI=1S/C28H29FN4/c1-20-27(30)26(11-15-31-20)28-25(22-7-9-23(29)10-8-22)14-18-33(28)24-12-16-32(17-13-24)19-21-5-3-2-4-6-21/h2-11,14-15,18,24H,12-13,16-17,19,30H2,1H3. The number of hydrogen-bond acceptors (Lipinski definition) is 3. The number of rotatable bonds is 5. The Bertz CT molecular complexity index is 1220. The highest BCUT2D eigenvalue weighted by Crippen LogP contribution is 2.40. The molecule has 0 saturated carbocycles. The van der Waals surface area contributed by atoms with Gasteiger partial charge < -0.3 is 10.3 Å². The van der Waals surface area contributed by atoms with Crippen molar-refractivity contribution in [1.82, 2.24) is 14.5 Å². The van der Waals surface area contributed by atoms with Gasteiger partial charge in [0.15, 0.2) is 0 Å². The number of anilines is 1. The lowest BCUT2D eigenvalue weighted by molar-refractivity contribution is 0.180. The second-order valence-corrected chi connectivity index (χ2v) is 8.84. The van der Waals surface area contributed by atoms with Crippen LogP contribution in [0, 0.1) is 12.7 Å². The van der Waals surface area contributed by atoms with Crippen LogP contribution in [0.25, 0.3) is 22.4 Å². The van der Waals surface area contributed by atoms with Crippen molar-refractivity contribution in [1.29, 1.82) is 0 Å². The van der Waals surface area contributed by atoms with E-state index in [9.17, 15) is 4.39 Å². The number of nitrogen functional groups attached to an aromatic ring is 1. The smallest absolute Gasteiger partial charge is 0.123 e. The van der Waals surface area contributed by atoms with Crippen molar-refractivity contribution in [3.63, 3.8) is 0 Å². The summed E-state index contributed by atoms with van der Waals surface area (Å²) in [5.74, 6) is -0.232. The molecule has 0 aliphatic carbocycles. The van der Waals surface area contributed by atoms with Crippen LogP contribution in [-0.4, -0.2) is 27.5 Å². The van der Waals surface area contributed by atoms with Crippen LogP contribution in [-0.2, 0) is 6.54 Å². The quantitative estimate of drug-likeness (QED) is 0.409. The number of benzene rings is 2. The minimum absolute atomic E-state index is 0.232. The summed E-state index contributed by atoms with van der Waals surface area (Å²) in [6, 6.07) is 21.9. The summed E-state index contributed by atoms with van der Waals surface area (Å²) in [5.41, 5.74) is 13.5. The Labute approximate surface area is 194 Å². The van der Waals surface area contributed by atoms with E-state index in [-0.39, 0.29) is 5.82 Å². The van der Waals surface area contributed by atoms with Gasteiger partial charge in [-0.05, 0) is 55.2 Å². The summed E-state index contributed by atoms with van der Waals surface area (Å²) in [5, 5.41) is 0. The fourth-order valence-electron chi connectivity index (χ4n) is 4.88. The molecule has 1 fully saturated rings. The molecule has 5 rings (SSSR count). The van der Waals surface area contributed by atoms with Gasteiger partial charge in [-0.25, -0.2) is 4.39 Å². The third kappa shape index (κ3) is 4.41. The molecule has 2 N–H and O–H groups in total. The molecule has 2 aromatic heterocycles. The summed E-state index contributed by atoms with van der Waals surface area (Å²) < 4.78 is 16.0. The normalized spacial score (nSPS) is 15.1. The zero-order valence-corrected chi connectivity index (χ0v) is 18.9. The molecule has 4 aromatic rings. The van der Waals surface area contributed by atoms with E-state index in [4.69, 9.17) is 5.73 Å². The predicted octanol–water partition coefficient (Wildman–Crippen LogP) is 6.08. The van der Waals surface area contributed by atoms with Crippen molar-refractivity contribution in [2.45, 2.75) is 32.4 Å². The molecule has 0 atom stereocenters. The maximum atomic E-state index is 13.6. The summed E-state index contributed by atoms with van der Waals surface area (Å²) in [6.07, 6.45) is 6.12. The molecule has 3 heterocycles. The number of nitrogens with zero attached hydrogens (tertiary/aromatic N) is 3. The molecule has 1 saturated heterocycles. The number of halogens is 1. The van der Waals surface area contributed by atoms with Gasteiger partial charge in [0.25, 0.3) is 0 Å². The van der Waals surface area contributed by atoms with Gasteiger partial charge >= 0.3 is 0 Å². The Morgan fingerprint density at radius 3 is 2.39 bits per heavy atom. The van der Waals surface area contributed by atoms with Crippen LogP contribution in [0.4, 0.5) is 10.1 Å². The zero-order chi connectivity index (χ0) is 22.8. The molecule has 1 aliphatic rings. The summed E-state index contributed by atoms with van der Waals surface area (Å²) in [4.78, 5) is 6.89. The fraction of sp³-hybridized carbons (Fsp3) is 0.250. The molecule has 0 unspecified atom stereocenters. The van der Waals surface area contributed by atoms with Crippen LogP contribution in [0.3, 0.4) is 0 Å². The van der Waals surface area contributed by atoms with Crippen molar-refractivity contribution in [2.24, 2.45) is 0 Å². The van der Waals surface area contributed by atoms with E-state index in [2.05, 4.69) is 57.0 Å². The van der Waals surface area contributed by atoms with Crippen LogP contribution in [0.2, 0.25) is 0 Å². The third-order valence-electron chi connectivity index (χ3n) is 6.71. The van der Waals surface area contributed by atoms with E-state index in [0.717, 1.165) is 60.6 Å². The molecule has 168 valence electrons. The fourth-order valence-corrected chi connectivity index (χ4v) is 4.88. The Morgan fingerprint density at radius 1 is 0.939 bits per heavy atom. The Morgan fingerprint density at radius 2 is 1.67 bits per heavy atom. The Balaban J connectivity index is 1.47. The van der Waals surface area contributed by atoms with Gasteiger partial charge in [-0.2, -0.15) is 0 Å². The minimum Gasteiger partial charge on any atom is -0.397 e. The highest BCUT2D eigenvalue weighted by molar-refractivity contribution is 5.87. The monoisotopic (exact) mass is 440 g/mol. The van der Waals surface area contributed by atoms with Crippen molar-refractivity contribution in [3.8, 4) is 22.4 Å². The van der Waals surface area contributed by atoms with Crippen molar-refractivity contribution >= 4 is 5.69 Å². The topological polar surface area (TPSA) is 47.1 Å². The van der Waals surface area contributed by atoms with E-state index in [0.29, 0.717) is 11.7 Å². The highest BCUT2D eigenvalue weighted by atomic mass is 19.1. The summed E-state index contributed by atoms with van der Waals surface area (Å²) in [6.45, 7) is 5.02. The molecule has 0 bridgehead atoms. The molecule has 33 heavy (non-hydrogen) atoms. The minimum atomic E-state index is -0.232. The summed E-state index contributed by atoms with van der Waals surface area (Å²) >= 11 is 0. The van der Waals surface area contributed by atoms with Crippen molar-refractivity contribution < 1.29 is 4.39 Å². The molecule has 0 amide bonds. The second-order valence-electron chi connectivity index (χ2n) is 8.84. The molecule has 1 aliphatic heterocycles. The van der Waals surface area contributed by atoms with Crippen LogP contribution in [0.5, 0.6) is 0 Å². The Hall–Kier alpha value is -3.44. The van der Waals surface area contributed by atoms with Crippen molar-refractivity contribution in [3.05, 3.63) is 96.2 Å². The molecule has 0 spiro atoms. The molecular formula is C28H29FN4. The first kappa shape index (κ1) is 21.4. The lowest BCUT2D eigenvalue weighted by Crippen LogP contribution is -2.34. The lowest BCUT2D eigenvalue weighted by atomic mass is 9.98. The van der Waals surface area contributed by atoms with Crippen molar-refractivity contribution in [2.75, 3.05) is 18.8 Å². The number of pyridine rings is 1. The van der Waals surface area contributed by atoms with Gasteiger partial charge in [-0.15, -0.1) is 0 Å². The van der Waals surface area contributed by atoms with E-state index in [1.807, 2.05) is 31.3 Å². The number of nitrogens with two attached hydrogens (primary N) is 1. The lowest BCUT2D eigenvalue weighted by Gasteiger charge is -2.34. The third-order valence-corrected chi connectivity index (χ3v) is 6.71. The van der Waals surface area contributed by atoms with E-state index < -0.39 is 0 Å². The van der Waals surface area contributed by atoms with Gasteiger partial charge in [-0.1, -0.05) is 42.5 Å². The maximum absolute atomic E-state index is 13.6. The number of hydrogen-bond donors (Lipinski definition) is 1. The number of likely N-dealkylation sites (tertiary alicyclic amines) is 1. The largest absolute Gasteiger partial charge is 0.397 e. The number of piperidine rings is 1. The van der Waals surface area contributed by atoms with E-state index in [1.165, 1.54) is 17.7 Å². The molecule has 2 aromatic carbocycles. The van der Waals surface area contributed by atoms with Gasteiger partial charge in [0.05, 0.1) is 17.1 Å². The van der Waals surface area contributed by atoms with Crippen LogP contribution in [0.1, 0.15) is 30.1 Å². The molecule has 5 heteroatoms. The first-order chi connectivity index (χ1) is 16.1. The van der Waals surface area contributed by atoms with Crippen LogP contribution >= 0.6 is 0 Å². The summed E-state index contributed by atoms with van der Waals surface area (Å²) in [7, 11) is 0. The van der Waals surface area contributed by atoms with Gasteiger partial charge in [0.1, 0.15) is 5.82 Å². The Kier molecular flexibility index (Phi) is 5.97. The number of aryl methyl sites for hydroxylation is 1. The van der Waals surface area contributed by atoms with Crippen LogP contribution < -0.4 is 5.73 Å². The second kappa shape index (κ2) is 9.20. The van der Waals surface area contributed by atoms with E-state index in [1.54, 1.807) is 0 Å². The zero-order valence-electron chi connectivity index (χ0n) is 18.9. The first-order valence-corrected chi connectivity index (χ1v) is 11.5. The number of aromatic nitrogens is 2. The molecular weight excluding hydrogens is 411 g/mol. The maximum Gasteiger partial charge on any atom is 0.123 e. The highest BCUT2D eigenvalue weighted by Gasteiger charge is 2.25. The van der Waals surface area contributed by atoms with Gasteiger partial charge in [0, 0.05) is 49.2 Å².